The normalized spacial score (nSPS) is 20.7. The smallest absolute Gasteiger partial charge is 0.274 e. The van der Waals surface area contributed by atoms with Crippen molar-refractivity contribution in [3.63, 3.8) is 0 Å². The number of benzene rings is 1. The number of hydrogen-bond acceptors (Lipinski definition) is 3. The van der Waals surface area contributed by atoms with Gasteiger partial charge in [0, 0.05) is 30.6 Å². The van der Waals surface area contributed by atoms with Crippen molar-refractivity contribution in [3.8, 4) is 0 Å². The van der Waals surface area contributed by atoms with E-state index in [4.69, 9.17) is 4.98 Å². The predicted molar refractivity (Wildman–Crippen MR) is 99.3 cm³/mol. The molecule has 2 fully saturated rings. The van der Waals surface area contributed by atoms with Crippen molar-refractivity contribution in [2.24, 2.45) is 0 Å². The van der Waals surface area contributed by atoms with Gasteiger partial charge in [0.2, 0.25) is 0 Å². The van der Waals surface area contributed by atoms with Gasteiger partial charge in [-0.3, -0.25) is 9.89 Å². The minimum atomic E-state index is 0.0325. The highest BCUT2D eigenvalue weighted by Crippen LogP contribution is 2.39. The Balaban J connectivity index is 1.36. The van der Waals surface area contributed by atoms with Crippen LogP contribution in [0.4, 0.5) is 0 Å². The van der Waals surface area contributed by atoms with Gasteiger partial charge in [0.15, 0.2) is 0 Å². The average molecular weight is 349 g/mol. The summed E-state index contributed by atoms with van der Waals surface area (Å²) < 4.78 is 0. The van der Waals surface area contributed by atoms with Crippen LogP contribution in [0.5, 0.6) is 0 Å². The Bertz CT molecular complexity index is 968. The summed E-state index contributed by atoms with van der Waals surface area (Å²) in [4.78, 5) is 23.1. The van der Waals surface area contributed by atoms with Crippen molar-refractivity contribution in [2.45, 2.75) is 44.4 Å². The van der Waals surface area contributed by atoms with Gasteiger partial charge >= 0.3 is 0 Å². The maximum Gasteiger partial charge on any atom is 0.274 e. The number of nitrogens with zero attached hydrogens (tertiary/aromatic N) is 3. The summed E-state index contributed by atoms with van der Waals surface area (Å²) in [5, 5.41) is 7.30. The fraction of sp³-hybridized carbons (Fsp3) is 0.450. The molecule has 1 amide bonds. The number of fused-ring (bicyclic) bond motifs is 1. The summed E-state index contributed by atoms with van der Waals surface area (Å²) in [6, 6.07) is 8.13. The molecule has 1 aromatic carbocycles. The monoisotopic (exact) mass is 349 g/mol. The van der Waals surface area contributed by atoms with Crippen LogP contribution < -0.4 is 0 Å². The van der Waals surface area contributed by atoms with Crippen molar-refractivity contribution in [1.82, 2.24) is 25.1 Å². The number of piperidine rings is 1. The number of amides is 1. The van der Waals surface area contributed by atoms with Crippen molar-refractivity contribution in [3.05, 3.63) is 47.0 Å². The van der Waals surface area contributed by atoms with Gasteiger partial charge in [-0.2, -0.15) is 5.10 Å². The summed E-state index contributed by atoms with van der Waals surface area (Å²) >= 11 is 0. The van der Waals surface area contributed by atoms with Crippen molar-refractivity contribution < 1.29 is 4.79 Å². The summed E-state index contributed by atoms with van der Waals surface area (Å²) in [7, 11) is 0. The first-order valence-electron chi connectivity index (χ1n) is 9.49. The van der Waals surface area contributed by atoms with Crippen LogP contribution in [-0.2, 0) is 0 Å². The number of rotatable bonds is 3. The van der Waals surface area contributed by atoms with Gasteiger partial charge in [-0.1, -0.05) is 12.1 Å². The first-order valence-corrected chi connectivity index (χ1v) is 9.49. The molecule has 3 aromatic rings. The number of H-pyrrole nitrogens is 2. The van der Waals surface area contributed by atoms with Crippen molar-refractivity contribution in [1.29, 1.82) is 0 Å². The van der Waals surface area contributed by atoms with Crippen LogP contribution in [-0.4, -0.2) is 44.1 Å². The largest absolute Gasteiger partial charge is 0.342 e. The van der Waals surface area contributed by atoms with Gasteiger partial charge in [0.05, 0.1) is 11.0 Å². The van der Waals surface area contributed by atoms with E-state index < -0.39 is 0 Å². The summed E-state index contributed by atoms with van der Waals surface area (Å²) in [6.45, 7) is 3.57. The molecule has 26 heavy (non-hydrogen) atoms. The molecule has 1 aliphatic carbocycles. The molecule has 1 saturated heterocycles. The third kappa shape index (κ3) is 2.69. The van der Waals surface area contributed by atoms with Gasteiger partial charge in [-0.05, 0) is 50.3 Å². The zero-order valence-corrected chi connectivity index (χ0v) is 15.0. The number of nitrogens with one attached hydrogen (secondary N) is 2. The molecule has 0 radical (unpaired) electrons. The average Bonchev–Trinajstić information content (AvgIpc) is 3.22. The van der Waals surface area contributed by atoms with Gasteiger partial charge in [-0.25, -0.2) is 4.98 Å². The minimum Gasteiger partial charge on any atom is -0.342 e. The Morgan fingerprint density at radius 3 is 2.92 bits per heavy atom. The van der Waals surface area contributed by atoms with E-state index in [9.17, 15) is 4.79 Å². The zero-order valence-electron chi connectivity index (χ0n) is 15.0. The molecule has 2 N–H and O–H groups in total. The van der Waals surface area contributed by atoms with Crippen LogP contribution in [0.1, 0.15) is 65.1 Å². The van der Waals surface area contributed by atoms with E-state index in [0.29, 0.717) is 18.2 Å². The first kappa shape index (κ1) is 15.6. The van der Waals surface area contributed by atoms with Crippen LogP contribution in [0.25, 0.3) is 11.0 Å². The van der Waals surface area contributed by atoms with Crippen LogP contribution in [0.15, 0.2) is 24.3 Å². The Morgan fingerprint density at radius 2 is 2.12 bits per heavy atom. The molecule has 1 saturated carbocycles. The highest BCUT2D eigenvalue weighted by Gasteiger charge is 2.30. The zero-order chi connectivity index (χ0) is 17.7. The fourth-order valence-corrected chi connectivity index (χ4v) is 3.98. The Hall–Kier alpha value is -2.63. The molecule has 3 heterocycles. The summed E-state index contributed by atoms with van der Waals surface area (Å²) in [5.41, 5.74) is 4.94. The van der Waals surface area contributed by atoms with Crippen LogP contribution in [0.2, 0.25) is 0 Å². The lowest BCUT2D eigenvalue weighted by atomic mass is 9.97. The second kappa shape index (κ2) is 5.97. The maximum absolute atomic E-state index is 12.9. The van der Waals surface area contributed by atoms with E-state index in [1.165, 1.54) is 18.4 Å². The molecule has 5 rings (SSSR count). The molecule has 6 heteroatoms. The van der Waals surface area contributed by atoms with Gasteiger partial charge in [0.1, 0.15) is 11.5 Å². The molecule has 2 aromatic heterocycles. The number of aromatic nitrogens is 4. The second-order valence-electron chi connectivity index (χ2n) is 7.67. The van der Waals surface area contributed by atoms with E-state index in [0.717, 1.165) is 41.9 Å². The molecule has 2 aliphatic rings. The number of likely N-dealkylation sites (tertiary alicyclic amines) is 1. The first-order chi connectivity index (χ1) is 12.7. The molecule has 1 aliphatic heterocycles. The number of aryl methyl sites for hydroxylation is 1. The molecule has 1 atom stereocenters. The lowest BCUT2D eigenvalue weighted by Crippen LogP contribution is -2.39. The summed E-state index contributed by atoms with van der Waals surface area (Å²) in [6.07, 6.45) is 4.45. The van der Waals surface area contributed by atoms with Crippen LogP contribution in [0.3, 0.4) is 0 Å². The molecular weight excluding hydrogens is 326 g/mol. The van der Waals surface area contributed by atoms with Crippen molar-refractivity contribution in [2.75, 3.05) is 13.1 Å². The number of carbonyl (C=O) groups excluding carboxylic acids is 1. The van der Waals surface area contributed by atoms with Crippen LogP contribution >= 0.6 is 0 Å². The summed E-state index contributed by atoms with van der Waals surface area (Å²) in [5.74, 6) is 1.86. The Kier molecular flexibility index (Phi) is 3.58. The lowest BCUT2D eigenvalue weighted by molar-refractivity contribution is 0.0699. The third-order valence-corrected chi connectivity index (χ3v) is 5.66. The van der Waals surface area contributed by atoms with E-state index in [1.807, 2.05) is 17.0 Å². The molecule has 0 spiro atoms. The van der Waals surface area contributed by atoms with E-state index in [-0.39, 0.29) is 11.8 Å². The number of carbonyl (C=O) groups is 1. The second-order valence-corrected chi connectivity index (χ2v) is 7.67. The minimum absolute atomic E-state index is 0.0325. The lowest BCUT2D eigenvalue weighted by Gasteiger charge is -2.31. The molecule has 6 nitrogen and oxygen atoms in total. The standard InChI is InChI=1S/C20H23N5O/c1-12-4-2-6-15-18(12)22-19(21-15)14-5-3-9-25(11-14)20(26)17-10-16(23-24-17)13-7-8-13/h2,4,6,10,13-14H,3,5,7-9,11H2,1H3,(H,21,22)(H,23,24). The van der Waals surface area contributed by atoms with Crippen LogP contribution in [0, 0.1) is 6.92 Å². The quantitative estimate of drug-likeness (QED) is 0.760. The molecular formula is C20H23N5O. The number of para-hydroxylation sites is 1. The molecule has 0 bridgehead atoms. The van der Waals surface area contributed by atoms with E-state index in [2.05, 4.69) is 34.2 Å². The molecule has 134 valence electrons. The molecule has 1 unspecified atom stereocenters. The Morgan fingerprint density at radius 1 is 1.23 bits per heavy atom. The van der Waals surface area contributed by atoms with Gasteiger partial charge < -0.3 is 9.88 Å². The number of aromatic amines is 2. The Labute approximate surface area is 152 Å². The predicted octanol–water partition coefficient (Wildman–Crippen LogP) is 3.49. The third-order valence-electron chi connectivity index (χ3n) is 5.66. The highest BCUT2D eigenvalue weighted by atomic mass is 16.2. The highest BCUT2D eigenvalue weighted by molar-refractivity contribution is 5.92. The van der Waals surface area contributed by atoms with Crippen molar-refractivity contribution >= 4 is 16.9 Å². The van der Waals surface area contributed by atoms with Gasteiger partial charge in [-0.15, -0.1) is 0 Å². The number of imidazole rings is 1. The fourth-order valence-electron chi connectivity index (χ4n) is 3.98. The topological polar surface area (TPSA) is 77.7 Å². The number of hydrogen-bond donors (Lipinski definition) is 2. The van der Waals surface area contributed by atoms with E-state index in [1.54, 1.807) is 0 Å². The maximum atomic E-state index is 12.9. The SMILES string of the molecule is Cc1cccc2[nH]c(C3CCCN(C(=O)c4cc(C5CC5)[nH]n4)C3)nc12. The van der Waals surface area contributed by atoms with E-state index >= 15 is 0 Å². The van der Waals surface area contributed by atoms with Gasteiger partial charge in [0.25, 0.3) is 5.91 Å².